The number of esters is 2. The first-order chi connectivity index (χ1) is 12.4. The fourth-order valence-corrected chi connectivity index (χ4v) is 2.24. The second-order valence-electron chi connectivity index (χ2n) is 5.11. The van der Waals surface area contributed by atoms with Gasteiger partial charge in [0, 0.05) is 17.7 Å². The van der Waals surface area contributed by atoms with E-state index < -0.39 is 23.9 Å². The number of carbonyl (C=O) groups excluding carboxylic acids is 3. The minimum Gasteiger partial charge on any atom is -0.496 e. The van der Waals surface area contributed by atoms with Crippen molar-refractivity contribution in [2.24, 2.45) is 0 Å². The molecule has 1 N–H and O–H groups in total. The van der Waals surface area contributed by atoms with Crippen LogP contribution in [-0.2, 0) is 30.3 Å². The van der Waals surface area contributed by atoms with E-state index in [1.165, 1.54) is 28.4 Å². The summed E-state index contributed by atoms with van der Waals surface area (Å²) in [5, 5.41) is 2.46. The van der Waals surface area contributed by atoms with Crippen LogP contribution in [-0.4, -0.2) is 59.4 Å². The smallest absolute Gasteiger partial charge is 0.328 e. The SMILES string of the molecule is COC(=O)C[C@H](NC(=O)Cc1c(OC)cc(OC)cc1OC)C(=O)OC. The topological polar surface area (TPSA) is 109 Å². The Hall–Kier alpha value is -2.97. The monoisotopic (exact) mass is 369 g/mol. The van der Waals surface area contributed by atoms with E-state index in [9.17, 15) is 14.4 Å². The number of ether oxygens (including phenoxy) is 5. The van der Waals surface area contributed by atoms with Crippen molar-refractivity contribution in [1.82, 2.24) is 5.32 Å². The first-order valence-electron chi connectivity index (χ1n) is 7.63. The van der Waals surface area contributed by atoms with Gasteiger partial charge in [0.15, 0.2) is 0 Å². The number of rotatable bonds is 9. The normalized spacial score (nSPS) is 11.1. The third kappa shape index (κ3) is 5.54. The van der Waals surface area contributed by atoms with Crippen molar-refractivity contribution in [3.8, 4) is 17.2 Å². The highest BCUT2D eigenvalue weighted by Crippen LogP contribution is 2.34. The van der Waals surface area contributed by atoms with E-state index in [0.29, 0.717) is 22.8 Å². The van der Waals surface area contributed by atoms with E-state index in [-0.39, 0.29) is 12.8 Å². The van der Waals surface area contributed by atoms with E-state index >= 15 is 0 Å². The van der Waals surface area contributed by atoms with Gasteiger partial charge in [-0.2, -0.15) is 0 Å². The molecule has 0 fully saturated rings. The van der Waals surface area contributed by atoms with Crippen LogP contribution in [0.5, 0.6) is 17.2 Å². The highest BCUT2D eigenvalue weighted by Gasteiger charge is 2.26. The fourth-order valence-electron chi connectivity index (χ4n) is 2.24. The van der Waals surface area contributed by atoms with Gasteiger partial charge in [0.1, 0.15) is 23.3 Å². The Balaban J connectivity index is 3.01. The molecule has 0 saturated carbocycles. The fraction of sp³-hybridized carbons (Fsp3) is 0.471. The Morgan fingerprint density at radius 3 is 1.92 bits per heavy atom. The van der Waals surface area contributed by atoms with Gasteiger partial charge < -0.3 is 29.0 Å². The molecule has 0 heterocycles. The number of hydrogen-bond donors (Lipinski definition) is 1. The summed E-state index contributed by atoms with van der Waals surface area (Å²) in [7, 11) is 6.74. The summed E-state index contributed by atoms with van der Waals surface area (Å²) in [5.41, 5.74) is 0.468. The highest BCUT2D eigenvalue weighted by atomic mass is 16.5. The summed E-state index contributed by atoms with van der Waals surface area (Å²) in [5.74, 6) is -0.650. The van der Waals surface area contributed by atoms with Crippen LogP contribution in [0, 0.1) is 0 Å². The first-order valence-corrected chi connectivity index (χ1v) is 7.63. The van der Waals surface area contributed by atoms with Crippen molar-refractivity contribution in [3.63, 3.8) is 0 Å². The van der Waals surface area contributed by atoms with Gasteiger partial charge in [-0.05, 0) is 0 Å². The van der Waals surface area contributed by atoms with Gasteiger partial charge in [-0.15, -0.1) is 0 Å². The van der Waals surface area contributed by atoms with Gasteiger partial charge in [-0.25, -0.2) is 4.79 Å². The van der Waals surface area contributed by atoms with Crippen LogP contribution in [0.3, 0.4) is 0 Å². The number of nitrogens with one attached hydrogen (secondary N) is 1. The Labute approximate surface area is 151 Å². The molecule has 0 unspecified atom stereocenters. The Morgan fingerprint density at radius 2 is 1.50 bits per heavy atom. The molecule has 1 aromatic carbocycles. The minimum absolute atomic E-state index is 0.148. The zero-order valence-corrected chi connectivity index (χ0v) is 15.4. The molecular formula is C17H23NO8. The standard InChI is InChI=1S/C17H23NO8/c1-22-10-6-13(23-2)11(14(7-10)24-3)8-15(19)18-12(17(21)26-5)9-16(20)25-4/h6-7,12H,8-9H2,1-5H3,(H,18,19)/t12-/m0/s1. The molecule has 0 aliphatic heterocycles. The predicted octanol–water partition coefficient (Wildman–Crippen LogP) is 0.476. The number of carbonyl (C=O) groups is 3. The maximum absolute atomic E-state index is 12.4. The molecule has 0 aliphatic carbocycles. The molecule has 0 radical (unpaired) electrons. The zero-order chi connectivity index (χ0) is 19.7. The van der Waals surface area contributed by atoms with Gasteiger partial charge in [-0.1, -0.05) is 0 Å². The maximum atomic E-state index is 12.4. The van der Waals surface area contributed by atoms with Gasteiger partial charge >= 0.3 is 11.9 Å². The van der Waals surface area contributed by atoms with Crippen LogP contribution in [0.25, 0.3) is 0 Å². The molecule has 144 valence electrons. The summed E-state index contributed by atoms with van der Waals surface area (Å²) in [6, 6.07) is 2.06. The lowest BCUT2D eigenvalue weighted by Crippen LogP contribution is -2.43. The predicted molar refractivity (Wildman–Crippen MR) is 90.4 cm³/mol. The first kappa shape index (κ1) is 21.1. The Morgan fingerprint density at radius 1 is 0.923 bits per heavy atom. The highest BCUT2D eigenvalue weighted by molar-refractivity contribution is 5.89. The lowest BCUT2D eigenvalue weighted by atomic mass is 10.1. The molecule has 26 heavy (non-hydrogen) atoms. The summed E-state index contributed by atoms with van der Waals surface area (Å²) in [6.07, 6.45) is -0.489. The molecule has 1 amide bonds. The largest absolute Gasteiger partial charge is 0.496 e. The quantitative estimate of drug-likeness (QED) is 0.626. The van der Waals surface area contributed by atoms with Gasteiger partial charge in [0.2, 0.25) is 5.91 Å². The second kappa shape index (κ2) is 10.1. The van der Waals surface area contributed by atoms with Crippen LogP contribution in [0.15, 0.2) is 12.1 Å². The molecule has 0 aliphatic rings. The van der Waals surface area contributed by atoms with Crippen LogP contribution in [0.4, 0.5) is 0 Å². The van der Waals surface area contributed by atoms with Crippen LogP contribution in [0.1, 0.15) is 12.0 Å². The van der Waals surface area contributed by atoms with Crippen molar-refractivity contribution in [3.05, 3.63) is 17.7 Å². The van der Waals surface area contributed by atoms with E-state index in [2.05, 4.69) is 14.8 Å². The van der Waals surface area contributed by atoms with E-state index in [0.717, 1.165) is 7.11 Å². The van der Waals surface area contributed by atoms with Crippen molar-refractivity contribution >= 4 is 17.8 Å². The van der Waals surface area contributed by atoms with Crippen molar-refractivity contribution in [2.45, 2.75) is 18.9 Å². The molecule has 1 rings (SSSR count). The zero-order valence-electron chi connectivity index (χ0n) is 15.4. The minimum atomic E-state index is -1.16. The van der Waals surface area contributed by atoms with Crippen LogP contribution >= 0.6 is 0 Å². The average molecular weight is 369 g/mol. The maximum Gasteiger partial charge on any atom is 0.328 e. The van der Waals surface area contributed by atoms with Crippen molar-refractivity contribution in [1.29, 1.82) is 0 Å². The van der Waals surface area contributed by atoms with Crippen LogP contribution < -0.4 is 19.5 Å². The average Bonchev–Trinajstić information content (AvgIpc) is 2.66. The van der Waals surface area contributed by atoms with E-state index in [1.54, 1.807) is 12.1 Å². The van der Waals surface area contributed by atoms with Gasteiger partial charge in [0.25, 0.3) is 0 Å². The van der Waals surface area contributed by atoms with E-state index in [4.69, 9.17) is 14.2 Å². The molecule has 1 aromatic rings. The summed E-state index contributed by atoms with van der Waals surface area (Å²) in [4.78, 5) is 35.6. The van der Waals surface area contributed by atoms with E-state index in [1.807, 2.05) is 0 Å². The number of amides is 1. The molecular weight excluding hydrogens is 346 g/mol. The van der Waals surface area contributed by atoms with Gasteiger partial charge in [-0.3, -0.25) is 9.59 Å². The molecule has 0 spiro atoms. The van der Waals surface area contributed by atoms with Crippen molar-refractivity contribution in [2.75, 3.05) is 35.5 Å². The molecule has 0 saturated heterocycles. The Kier molecular flexibility index (Phi) is 8.20. The van der Waals surface area contributed by atoms with Crippen molar-refractivity contribution < 1.29 is 38.1 Å². The molecule has 0 aromatic heterocycles. The molecule has 1 atom stereocenters. The molecule has 9 nitrogen and oxygen atoms in total. The summed E-state index contributed by atoms with van der Waals surface area (Å²) >= 11 is 0. The second-order valence-corrected chi connectivity index (χ2v) is 5.11. The number of methoxy groups -OCH3 is 5. The molecule has 0 bridgehead atoms. The number of hydrogen-bond acceptors (Lipinski definition) is 8. The number of benzene rings is 1. The van der Waals surface area contributed by atoms with Gasteiger partial charge in [0.05, 0.1) is 48.4 Å². The molecule has 9 heteroatoms. The third-order valence-electron chi connectivity index (χ3n) is 3.57. The lowest BCUT2D eigenvalue weighted by molar-refractivity contribution is -0.150. The Bertz CT molecular complexity index is 633. The van der Waals surface area contributed by atoms with Crippen LogP contribution in [0.2, 0.25) is 0 Å². The summed E-state index contributed by atoms with van der Waals surface area (Å²) in [6.45, 7) is 0. The summed E-state index contributed by atoms with van der Waals surface area (Å²) < 4.78 is 24.8. The lowest BCUT2D eigenvalue weighted by Gasteiger charge is -2.18. The third-order valence-corrected chi connectivity index (χ3v) is 3.57.